The molecule has 0 unspecified atom stereocenters. The highest BCUT2D eigenvalue weighted by atomic mass is 35.5. The lowest BCUT2D eigenvalue weighted by Gasteiger charge is -2.31. The van der Waals surface area contributed by atoms with Crippen molar-refractivity contribution in [1.29, 1.82) is 0 Å². The molecule has 1 saturated heterocycles. The van der Waals surface area contributed by atoms with Gasteiger partial charge in [0.1, 0.15) is 5.82 Å². The maximum atomic E-state index is 12.6. The molecule has 0 atom stereocenters. The highest BCUT2D eigenvalue weighted by Crippen LogP contribution is 2.17. The Morgan fingerprint density at radius 3 is 2.42 bits per heavy atom. The molecule has 2 heterocycles. The summed E-state index contributed by atoms with van der Waals surface area (Å²) in [5.74, 6) is 0.527. The van der Waals surface area contributed by atoms with Gasteiger partial charge in [-0.15, -0.1) is 0 Å². The predicted molar refractivity (Wildman–Crippen MR) is 128 cm³/mol. The van der Waals surface area contributed by atoms with Gasteiger partial charge in [0.25, 0.3) is 0 Å². The molecule has 1 aromatic heterocycles. The fraction of sp³-hybridized carbons (Fsp3) is 0.304. The SMILES string of the molecule is O=C(CN1CCC(NS(=O)(=O)c2ccc(Cl)cc2)CC1)Nc1ccnn1Cc1ccccc1. The van der Waals surface area contributed by atoms with E-state index in [1.165, 1.54) is 12.1 Å². The van der Waals surface area contributed by atoms with E-state index in [4.69, 9.17) is 11.6 Å². The molecule has 0 bridgehead atoms. The molecule has 0 aliphatic carbocycles. The van der Waals surface area contributed by atoms with E-state index >= 15 is 0 Å². The fourth-order valence-electron chi connectivity index (χ4n) is 3.82. The number of hydrogen-bond acceptors (Lipinski definition) is 5. The number of hydrogen-bond donors (Lipinski definition) is 2. The Bertz CT molecular complexity index is 1170. The van der Waals surface area contributed by atoms with Crippen LogP contribution in [-0.2, 0) is 21.4 Å². The molecule has 174 valence electrons. The molecule has 1 amide bonds. The first kappa shape index (κ1) is 23.4. The normalized spacial score (nSPS) is 15.4. The van der Waals surface area contributed by atoms with E-state index in [9.17, 15) is 13.2 Å². The summed E-state index contributed by atoms with van der Waals surface area (Å²) in [7, 11) is -3.60. The number of halogens is 1. The third-order valence-electron chi connectivity index (χ3n) is 5.56. The van der Waals surface area contributed by atoms with Gasteiger partial charge in [0, 0.05) is 30.2 Å². The molecule has 0 spiro atoms. The summed E-state index contributed by atoms with van der Waals surface area (Å²) in [6.07, 6.45) is 2.93. The second-order valence-electron chi connectivity index (χ2n) is 8.03. The molecule has 1 aliphatic heterocycles. The van der Waals surface area contributed by atoms with Gasteiger partial charge in [-0.05, 0) is 42.7 Å². The minimum atomic E-state index is -3.60. The summed E-state index contributed by atoms with van der Waals surface area (Å²) >= 11 is 5.84. The van der Waals surface area contributed by atoms with E-state index < -0.39 is 10.0 Å². The summed E-state index contributed by atoms with van der Waals surface area (Å²) in [4.78, 5) is 14.8. The highest BCUT2D eigenvalue weighted by molar-refractivity contribution is 7.89. The molecule has 10 heteroatoms. The van der Waals surface area contributed by atoms with Crippen molar-refractivity contribution in [3.05, 3.63) is 77.4 Å². The number of anilines is 1. The van der Waals surface area contributed by atoms with E-state index in [1.807, 2.05) is 35.2 Å². The number of carbonyl (C=O) groups is 1. The zero-order chi connectivity index (χ0) is 23.3. The van der Waals surface area contributed by atoms with E-state index in [0.29, 0.717) is 43.3 Å². The standard InChI is InChI=1S/C23H26ClN5O3S/c24-19-6-8-21(9-7-19)33(31,32)27-20-11-14-28(15-12-20)17-23(30)26-22-10-13-25-29(22)16-18-4-2-1-3-5-18/h1-10,13,20,27H,11-12,14-17H2,(H,26,30). The number of benzene rings is 2. The minimum Gasteiger partial charge on any atom is -0.310 e. The molecule has 33 heavy (non-hydrogen) atoms. The average molecular weight is 488 g/mol. The van der Waals surface area contributed by atoms with Crippen molar-refractivity contribution in [2.24, 2.45) is 0 Å². The van der Waals surface area contributed by atoms with E-state index in [2.05, 4.69) is 15.1 Å². The lowest BCUT2D eigenvalue weighted by Crippen LogP contribution is -2.46. The smallest absolute Gasteiger partial charge is 0.240 e. The number of aromatic nitrogens is 2. The van der Waals surface area contributed by atoms with Crippen molar-refractivity contribution in [2.45, 2.75) is 30.3 Å². The van der Waals surface area contributed by atoms with Crippen LogP contribution in [0.15, 0.2) is 71.8 Å². The Balaban J connectivity index is 1.25. The number of sulfonamides is 1. The van der Waals surface area contributed by atoms with Gasteiger partial charge in [-0.2, -0.15) is 5.10 Å². The van der Waals surface area contributed by atoms with Crippen LogP contribution >= 0.6 is 11.6 Å². The van der Waals surface area contributed by atoms with Crippen LogP contribution in [0, 0.1) is 0 Å². The summed E-state index contributed by atoms with van der Waals surface area (Å²) < 4.78 is 29.7. The topological polar surface area (TPSA) is 96.3 Å². The van der Waals surface area contributed by atoms with E-state index in [0.717, 1.165) is 5.56 Å². The highest BCUT2D eigenvalue weighted by Gasteiger charge is 2.25. The molecule has 2 N–H and O–H groups in total. The third-order valence-corrected chi connectivity index (χ3v) is 7.35. The van der Waals surface area contributed by atoms with Crippen LogP contribution < -0.4 is 10.0 Å². The summed E-state index contributed by atoms with van der Waals surface area (Å²) in [5.41, 5.74) is 1.10. The first-order chi connectivity index (χ1) is 15.9. The average Bonchev–Trinajstić information content (AvgIpc) is 3.22. The van der Waals surface area contributed by atoms with Crippen LogP contribution in [0.1, 0.15) is 18.4 Å². The third kappa shape index (κ3) is 6.42. The Hall–Kier alpha value is -2.72. The van der Waals surface area contributed by atoms with Gasteiger partial charge in [-0.1, -0.05) is 41.9 Å². The van der Waals surface area contributed by atoms with Crippen LogP contribution in [0.2, 0.25) is 5.02 Å². The molecule has 0 radical (unpaired) electrons. The van der Waals surface area contributed by atoms with Crippen molar-refractivity contribution in [1.82, 2.24) is 19.4 Å². The van der Waals surface area contributed by atoms with Crippen molar-refractivity contribution >= 4 is 33.3 Å². The van der Waals surface area contributed by atoms with Crippen LogP contribution in [0.25, 0.3) is 0 Å². The first-order valence-electron chi connectivity index (χ1n) is 10.7. The summed E-state index contributed by atoms with van der Waals surface area (Å²) in [6, 6.07) is 17.6. The minimum absolute atomic E-state index is 0.120. The maximum Gasteiger partial charge on any atom is 0.240 e. The summed E-state index contributed by atoms with van der Waals surface area (Å²) in [6.45, 7) is 2.07. The van der Waals surface area contributed by atoms with Crippen molar-refractivity contribution in [3.63, 3.8) is 0 Å². The molecule has 4 rings (SSSR count). The second-order valence-corrected chi connectivity index (χ2v) is 10.2. The number of rotatable bonds is 8. The van der Waals surface area contributed by atoms with Gasteiger partial charge in [0.15, 0.2) is 0 Å². The van der Waals surface area contributed by atoms with Gasteiger partial charge in [0.2, 0.25) is 15.9 Å². The molecule has 1 fully saturated rings. The Morgan fingerprint density at radius 1 is 1.03 bits per heavy atom. The van der Waals surface area contributed by atoms with Gasteiger partial charge < -0.3 is 5.32 Å². The Morgan fingerprint density at radius 2 is 1.73 bits per heavy atom. The monoisotopic (exact) mass is 487 g/mol. The van der Waals surface area contributed by atoms with Crippen LogP contribution in [0.3, 0.4) is 0 Å². The van der Waals surface area contributed by atoms with Gasteiger partial charge in [0.05, 0.1) is 24.2 Å². The molecular formula is C23H26ClN5O3S. The molecule has 1 aliphatic rings. The fourth-order valence-corrected chi connectivity index (χ4v) is 5.25. The quantitative estimate of drug-likeness (QED) is 0.509. The molecular weight excluding hydrogens is 462 g/mol. The molecule has 0 saturated carbocycles. The van der Waals surface area contributed by atoms with Gasteiger partial charge in [-0.25, -0.2) is 17.8 Å². The maximum absolute atomic E-state index is 12.6. The van der Waals surface area contributed by atoms with Crippen molar-refractivity contribution < 1.29 is 13.2 Å². The molecule has 2 aromatic carbocycles. The van der Waals surface area contributed by atoms with Crippen LogP contribution in [-0.4, -0.2) is 54.7 Å². The number of piperidine rings is 1. The number of amides is 1. The Labute approximate surface area is 198 Å². The Kier molecular flexibility index (Phi) is 7.44. The van der Waals surface area contributed by atoms with Crippen LogP contribution in [0.4, 0.5) is 5.82 Å². The number of likely N-dealkylation sites (tertiary alicyclic amines) is 1. The van der Waals surface area contributed by atoms with E-state index in [1.54, 1.807) is 29.1 Å². The van der Waals surface area contributed by atoms with Gasteiger partial charge >= 0.3 is 0 Å². The van der Waals surface area contributed by atoms with E-state index in [-0.39, 0.29) is 23.4 Å². The van der Waals surface area contributed by atoms with Crippen molar-refractivity contribution in [2.75, 3.05) is 25.0 Å². The lowest BCUT2D eigenvalue weighted by atomic mass is 10.1. The first-order valence-corrected chi connectivity index (χ1v) is 12.6. The number of nitrogens with one attached hydrogen (secondary N) is 2. The zero-order valence-corrected chi connectivity index (χ0v) is 19.6. The summed E-state index contributed by atoms with van der Waals surface area (Å²) in [5, 5.41) is 7.72. The number of nitrogens with zero attached hydrogens (tertiary/aromatic N) is 3. The second kappa shape index (κ2) is 10.5. The van der Waals surface area contributed by atoms with Gasteiger partial charge in [-0.3, -0.25) is 9.69 Å². The molecule has 8 nitrogen and oxygen atoms in total. The molecule has 3 aromatic rings. The van der Waals surface area contributed by atoms with Crippen LogP contribution in [0.5, 0.6) is 0 Å². The number of carbonyl (C=O) groups excluding carboxylic acids is 1. The lowest BCUT2D eigenvalue weighted by molar-refractivity contribution is -0.117. The largest absolute Gasteiger partial charge is 0.310 e. The zero-order valence-electron chi connectivity index (χ0n) is 18.0. The predicted octanol–water partition coefficient (Wildman–Crippen LogP) is 2.97. The van der Waals surface area contributed by atoms with Crippen molar-refractivity contribution in [3.8, 4) is 0 Å².